The van der Waals surface area contributed by atoms with Crippen molar-refractivity contribution < 1.29 is 18.7 Å². The summed E-state index contributed by atoms with van der Waals surface area (Å²) in [5.74, 6) is 0.562. The highest BCUT2D eigenvalue weighted by Crippen LogP contribution is 2.34. The zero-order chi connectivity index (χ0) is 29.4. The molecule has 3 aromatic carbocycles. The number of amidine groups is 1. The van der Waals surface area contributed by atoms with Crippen molar-refractivity contribution in [2.75, 3.05) is 52.0 Å². The Kier molecular flexibility index (Phi) is 10.3. The molecule has 208 valence electrons. The van der Waals surface area contributed by atoms with Gasteiger partial charge >= 0.3 is 0 Å². The third-order valence-corrected chi connectivity index (χ3v) is 6.27. The van der Waals surface area contributed by atoms with E-state index in [4.69, 9.17) is 28.2 Å². The van der Waals surface area contributed by atoms with Gasteiger partial charge < -0.3 is 25.2 Å². The normalized spacial score (nSPS) is 10.6. The van der Waals surface area contributed by atoms with E-state index in [2.05, 4.69) is 16.6 Å². The molecule has 0 heterocycles. The summed E-state index contributed by atoms with van der Waals surface area (Å²) < 4.78 is 20.5. The molecular weight excluding hydrogens is 533 g/mol. The quantitative estimate of drug-likeness (QED) is 0.179. The van der Waals surface area contributed by atoms with Crippen LogP contribution in [0.4, 0.5) is 15.8 Å². The number of ether oxygens (including phenoxy) is 1. The van der Waals surface area contributed by atoms with E-state index in [9.17, 15) is 9.59 Å². The molecule has 0 aliphatic heterocycles. The number of carbonyl (C=O) groups excluding carboxylic acids is 2. The zero-order valence-corrected chi connectivity index (χ0v) is 23.5. The van der Waals surface area contributed by atoms with Crippen LogP contribution < -0.4 is 15.4 Å². The van der Waals surface area contributed by atoms with Crippen LogP contribution in [-0.4, -0.2) is 68.8 Å². The van der Waals surface area contributed by atoms with Gasteiger partial charge in [0.1, 0.15) is 17.4 Å². The number of nitrogens with one attached hydrogen (secondary N) is 3. The van der Waals surface area contributed by atoms with Gasteiger partial charge in [-0.15, -0.1) is 6.42 Å². The molecule has 40 heavy (non-hydrogen) atoms. The second-order valence-corrected chi connectivity index (χ2v) is 9.72. The van der Waals surface area contributed by atoms with Gasteiger partial charge in [-0.3, -0.25) is 15.0 Å². The second kappa shape index (κ2) is 13.6. The Bertz CT molecular complexity index is 1450. The molecule has 0 aliphatic carbocycles. The van der Waals surface area contributed by atoms with Crippen molar-refractivity contribution >= 4 is 40.6 Å². The Balaban J connectivity index is 1.83. The van der Waals surface area contributed by atoms with Crippen molar-refractivity contribution in [1.82, 2.24) is 9.80 Å². The molecule has 8 nitrogen and oxygen atoms in total. The molecule has 0 aliphatic rings. The number of hydrogen-bond acceptors (Lipinski definition) is 5. The van der Waals surface area contributed by atoms with E-state index in [0.29, 0.717) is 23.4 Å². The number of anilines is 2. The number of rotatable bonds is 10. The minimum absolute atomic E-state index is 0.0110. The maximum absolute atomic E-state index is 15.1. The Morgan fingerprint density at radius 2 is 1.68 bits per heavy atom. The first kappa shape index (κ1) is 30.2. The smallest absolute Gasteiger partial charge is 0.258 e. The zero-order valence-electron chi connectivity index (χ0n) is 22.8. The standard InChI is InChI=1S/C30H31ClFN5O3/c1-6-19-8-11-22(12-9-19)34-30(39)24-17-21(31)18-26(40-5)27(24)35-29(38)23-13-10-20(16-25(23)32)28(33)37(4)15-7-14-36(2)3/h1,8-13,16-18,33H,7,14-15H2,2-5H3,(H,34,39)(H,35,38). The fourth-order valence-electron chi connectivity index (χ4n) is 3.88. The molecule has 0 saturated carbocycles. The topological polar surface area (TPSA) is 97.8 Å². The monoisotopic (exact) mass is 563 g/mol. The summed E-state index contributed by atoms with van der Waals surface area (Å²) in [5, 5.41) is 13.9. The van der Waals surface area contributed by atoms with E-state index in [-0.39, 0.29) is 33.4 Å². The number of halogens is 2. The summed E-state index contributed by atoms with van der Waals surface area (Å²) in [7, 11) is 7.06. The van der Waals surface area contributed by atoms with Gasteiger partial charge in [0, 0.05) is 41.5 Å². The highest BCUT2D eigenvalue weighted by atomic mass is 35.5. The van der Waals surface area contributed by atoms with Crippen molar-refractivity contribution in [2.24, 2.45) is 0 Å². The molecule has 0 saturated heterocycles. The lowest BCUT2D eigenvalue weighted by Crippen LogP contribution is -2.30. The fraction of sp³-hybridized carbons (Fsp3) is 0.233. The van der Waals surface area contributed by atoms with Crippen molar-refractivity contribution in [2.45, 2.75) is 6.42 Å². The Hall–Kier alpha value is -4.39. The molecule has 3 aromatic rings. The Morgan fingerprint density at radius 3 is 2.27 bits per heavy atom. The summed E-state index contributed by atoms with van der Waals surface area (Å²) >= 11 is 6.20. The first-order valence-electron chi connectivity index (χ1n) is 12.3. The van der Waals surface area contributed by atoms with Crippen LogP contribution in [0.2, 0.25) is 5.02 Å². The molecule has 0 aromatic heterocycles. The summed E-state index contributed by atoms with van der Waals surface area (Å²) in [6.45, 7) is 1.48. The molecule has 10 heteroatoms. The highest BCUT2D eigenvalue weighted by molar-refractivity contribution is 6.31. The number of methoxy groups -OCH3 is 1. The average Bonchev–Trinajstić information content (AvgIpc) is 2.93. The minimum Gasteiger partial charge on any atom is -0.494 e. The largest absolute Gasteiger partial charge is 0.494 e. The van der Waals surface area contributed by atoms with Gasteiger partial charge in [-0.2, -0.15) is 0 Å². The predicted molar refractivity (Wildman–Crippen MR) is 157 cm³/mol. The molecule has 0 radical (unpaired) electrons. The lowest BCUT2D eigenvalue weighted by Gasteiger charge is -2.21. The van der Waals surface area contributed by atoms with Gasteiger partial charge in [0.2, 0.25) is 0 Å². The maximum atomic E-state index is 15.1. The van der Waals surface area contributed by atoms with E-state index in [0.717, 1.165) is 19.0 Å². The maximum Gasteiger partial charge on any atom is 0.258 e. The van der Waals surface area contributed by atoms with Crippen LogP contribution in [-0.2, 0) is 0 Å². The van der Waals surface area contributed by atoms with Gasteiger partial charge in [-0.25, -0.2) is 4.39 Å². The first-order valence-corrected chi connectivity index (χ1v) is 12.7. The summed E-state index contributed by atoms with van der Waals surface area (Å²) in [6, 6.07) is 13.4. The van der Waals surface area contributed by atoms with E-state index in [1.54, 1.807) is 36.2 Å². The summed E-state index contributed by atoms with van der Waals surface area (Å²) in [6.07, 6.45) is 6.22. The van der Waals surface area contributed by atoms with Gasteiger partial charge in [0.05, 0.1) is 23.9 Å². The average molecular weight is 564 g/mol. The number of terminal acetylenes is 1. The fourth-order valence-corrected chi connectivity index (χ4v) is 4.09. The molecule has 0 fully saturated rings. The van der Waals surface area contributed by atoms with Crippen LogP contribution in [0.5, 0.6) is 5.75 Å². The predicted octanol–water partition coefficient (Wildman–Crippen LogP) is 5.18. The molecule has 0 unspecified atom stereocenters. The molecule has 2 amide bonds. The van der Waals surface area contributed by atoms with Crippen molar-refractivity contribution in [3.05, 3.63) is 87.7 Å². The SMILES string of the molecule is C#Cc1ccc(NC(=O)c2cc(Cl)cc(OC)c2NC(=O)c2ccc(C(=N)N(C)CCCN(C)C)cc2F)cc1. The van der Waals surface area contributed by atoms with Gasteiger partial charge in [-0.1, -0.05) is 23.6 Å². The molecule has 3 N–H and O–H groups in total. The van der Waals surface area contributed by atoms with Crippen LogP contribution in [0.15, 0.2) is 54.6 Å². The van der Waals surface area contributed by atoms with E-state index >= 15 is 4.39 Å². The number of amides is 2. The van der Waals surface area contributed by atoms with Crippen LogP contribution in [0.1, 0.15) is 38.3 Å². The van der Waals surface area contributed by atoms with Crippen LogP contribution in [0.25, 0.3) is 0 Å². The number of benzene rings is 3. The second-order valence-electron chi connectivity index (χ2n) is 9.28. The summed E-state index contributed by atoms with van der Waals surface area (Å²) in [4.78, 5) is 30.1. The van der Waals surface area contributed by atoms with Crippen molar-refractivity contribution in [3.8, 4) is 18.1 Å². The van der Waals surface area contributed by atoms with Gasteiger partial charge in [0.15, 0.2) is 0 Å². The van der Waals surface area contributed by atoms with E-state index in [1.165, 1.54) is 31.4 Å². The Labute approximate surface area is 238 Å². The highest BCUT2D eigenvalue weighted by Gasteiger charge is 2.22. The van der Waals surface area contributed by atoms with Crippen molar-refractivity contribution in [1.29, 1.82) is 5.41 Å². The molecule has 0 atom stereocenters. The lowest BCUT2D eigenvalue weighted by atomic mass is 10.1. The lowest BCUT2D eigenvalue weighted by molar-refractivity contribution is 0.102. The number of hydrogen-bond donors (Lipinski definition) is 3. The van der Waals surface area contributed by atoms with Crippen LogP contribution >= 0.6 is 11.6 Å². The van der Waals surface area contributed by atoms with Crippen LogP contribution in [0, 0.1) is 23.6 Å². The minimum atomic E-state index is -0.811. The third-order valence-electron chi connectivity index (χ3n) is 6.05. The molecule has 3 rings (SSSR count). The molecular formula is C30H31ClFN5O3. The Morgan fingerprint density at radius 1 is 1.00 bits per heavy atom. The number of nitrogens with zero attached hydrogens (tertiary/aromatic N) is 2. The van der Waals surface area contributed by atoms with E-state index < -0.39 is 17.6 Å². The summed E-state index contributed by atoms with van der Waals surface area (Å²) in [5.41, 5.74) is 1.22. The first-order chi connectivity index (χ1) is 19.0. The van der Waals surface area contributed by atoms with Crippen molar-refractivity contribution in [3.63, 3.8) is 0 Å². The third kappa shape index (κ3) is 7.59. The van der Waals surface area contributed by atoms with Gasteiger partial charge in [-0.05, 0) is 69.5 Å². The molecule has 0 bridgehead atoms. The number of carbonyl (C=O) groups is 2. The van der Waals surface area contributed by atoms with Gasteiger partial charge in [0.25, 0.3) is 11.8 Å². The van der Waals surface area contributed by atoms with Crippen LogP contribution in [0.3, 0.4) is 0 Å². The molecule has 0 spiro atoms. The van der Waals surface area contributed by atoms with E-state index in [1.807, 2.05) is 19.0 Å².